The summed E-state index contributed by atoms with van der Waals surface area (Å²) in [5.41, 5.74) is 1.13. The molecular formula is C17H23FN2O3S2. The van der Waals surface area contributed by atoms with Gasteiger partial charge in [-0.1, -0.05) is 6.07 Å². The molecule has 0 aliphatic carbocycles. The molecule has 2 saturated heterocycles. The average molecular weight is 387 g/mol. The van der Waals surface area contributed by atoms with E-state index < -0.39 is 9.84 Å². The van der Waals surface area contributed by atoms with Gasteiger partial charge in [-0.05, 0) is 56.1 Å². The number of nitrogens with one attached hydrogen (secondary N) is 1. The van der Waals surface area contributed by atoms with Crippen LogP contribution in [-0.2, 0) is 14.6 Å². The Morgan fingerprint density at radius 3 is 2.84 bits per heavy atom. The Morgan fingerprint density at radius 1 is 1.44 bits per heavy atom. The maximum absolute atomic E-state index is 13.8. The van der Waals surface area contributed by atoms with E-state index in [4.69, 9.17) is 17.0 Å². The van der Waals surface area contributed by atoms with Crippen molar-refractivity contribution in [3.05, 3.63) is 29.6 Å². The summed E-state index contributed by atoms with van der Waals surface area (Å²) in [5, 5.41) is 3.47. The summed E-state index contributed by atoms with van der Waals surface area (Å²) in [6, 6.07) is 4.69. The van der Waals surface area contributed by atoms with Crippen LogP contribution in [0.2, 0.25) is 0 Å². The van der Waals surface area contributed by atoms with Crippen LogP contribution in [0.15, 0.2) is 18.2 Å². The molecule has 1 aromatic carbocycles. The van der Waals surface area contributed by atoms with Gasteiger partial charge in [0.1, 0.15) is 5.82 Å². The third-order valence-corrected chi connectivity index (χ3v) is 6.84. The van der Waals surface area contributed by atoms with E-state index in [0.717, 1.165) is 19.4 Å². The number of anilines is 1. The molecule has 1 N–H and O–H groups in total. The van der Waals surface area contributed by atoms with Gasteiger partial charge in [-0.3, -0.25) is 0 Å². The molecule has 2 fully saturated rings. The molecule has 0 aromatic heterocycles. The normalized spacial score (nSPS) is 25.0. The van der Waals surface area contributed by atoms with Crippen molar-refractivity contribution in [3.63, 3.8) is 0 Å². The van der Waals surface area contributed by atoms with Gasteiger partial charge in [0.05, 0.1) is 17.6 Å². The van der Waals surface area contributed by atoms with Crippen LogP contribution in [0.1, 0.15) is 24.8 Å². The van der Waals surface area contributed by atoms with Crippen LogP contribution >= 0.6 is 12.2 Å². The number of halogens is 1. The number of sulfone groups is 1. The number of hydrogen-bond acceptors (Lipinski definition) is 4. The lowest BCUT2D eigenvalue weighted by Crippen LogP contribution is -2.47. The second-order valence-electron chi connectivity index (χ2n) is 6.74. The number of ether oxygens (including phenoxy) is 1. The van der Waals surface area contributed by atoms with Crippen molar-refractivity contribution in [2.45, 2.75) is 38.3 Å². The highest BCUT2D eigenvalue weighted by Gasteiger charge is 2.35. The molecule has 0 saturated carbocycles. The molecule has 2 heterocycles. The maximum Gasteiger partial charge on any atom is 0.173 e. The maximum atomic E-state index is 13.8. The van der Waals surface area contributed by atoms with Crippen LogP contribution in [0.25, 0.3) is 0 Å². The Balaban J connectivity index is 1.74. The first-order chi connectivity index (χ1) is 11.8. The van der Waals surface area contributed by atoms with Crippen LogP contribution in [0.3, 0.4) is 0 Å². The molecule has 3 rings (SSSR count). The van der Waals surface area contributed by atoms with E-state index in [1.807, 2.05) is 4.90 Å². The fourth-order valence-corrected chi connectivity index (χ4v) is 5.36. The Kier molecular flexibility index (Phi) is 5.60. The smallest absolute Gasteiger partial charge is 0.173 e. The molecule has 1 aromatic rings. The minimum absolute atomic E-state index is 0.0535. The Labute approximate surface area is 153 Å². The summed E-state index contributed by atoms with van der Waals surface area (Å²) in [7, 11) is -3.02. The van der Waals surface area contributed by atoms with Crippen LogP contribution in [0.5, 0.6) is 0 Å². The summed E-state index contributed by atoms with van der Waals surface area (Å²) in [6.45, 7) is 2.98. The van der Waals surface area contributed by atoms with Crippen LogP contribution in [0, 0.1) is 12.7 Å². The number of nitrogens with zero attached hydrogens (tertiary/aromatic N) is 1. The topological polar surface area (TPSA) is 58.6 Å². The molecule has 2 aliphatic rings. The van der Waals surface area contributed by atoms with Gasteiger partial charge in [0.2, 0.25) is 0 Å². The molecule has 2 aliphatic heterocycles. The van der Waals surface area contributed by atoms with Crippen LogP contribution in [-0.4, -0.2) is 55.2 Å². The minimum atomic E-state index is -3.02. The van der Waals surface area contributed by atoms with E-state index in [0.29, 0.717) is 29.3 Å². The quantitative estimate of drug-likeness (QED) is 0.803. The van der Waals surface area contributed by atoms with Crippen LogP contribution in [0.4, 0.5) is 10.1 Å². The highest BCUT2D eigenvalue weighted by atomic mass is 32.2. The number of aryl methyl sites for hydroxylation is 1. The van der Waals surface area contributed by atoms with Crippen molar-refractivity contribution >= 4 is 32.9 Å². The van der Waals surface area contributed by atoms with Gasteiger partial charge < -0.3 is 15.0 Å². The molecule has 2 atom stereocenters. The molecule has 0 spiro atoms. The van der Waals surface area contributed by atoms with Gasteiger partial charge in [0, 0.05) is 24.9 Å². The van der Waals surface area contributed by atoms with Crippen molar-refractivity contribution in [2.24, 2.45) is 0 Å². The van der Waals surface area contributed by atoms with Crippen molar-refractivity contribution in [3.8, 4) is 0 Å². The first kappa shape index (κ1) is 18.5. The molecule has 5 nitrogen and oxygen atoms in total. The summed E-state index contributed by atoms with van der Waals surface area (Å²) in [4.78, 5) is 1.91. The van der Waals surface area contributed by atoms with E-state index in [-0.39, 0.29) is 29.5 Å². The number of rotatable bonds is 4. The van der Waals surface area contributed by atoms with Crippen molar-refractivity contribution in [2.75, 3.05) is 30.0 Å². The summed E-state index contributed by atoms with van der Waals surface area (Å²) >= 11 is 5.52. The molecule has 0 unspecified atom stereocenters. The highest BCUT2D eigenvalue weighted by molar-refractivity contribution is 7.91. The van der Waals surface area contributed by atoms with Crippen molar-refractivity contribution in [1.82, 2.24) is 4.90 Å². The van der Waals surface area contributed by atoms with E-state index in [9.17, 15) is 12.8 Å². The summed E-state index contributed by atoms with van der Waals surface area (Å²) < 4.78 is 43.2. The molecule has 8 heteroatoms. The van der Waals surface area contributed by atoms with Gasteiger partial charge in [0.25, 0.3) is 0 Å². The van der Waals surface area contributed by atoms with Gasteiger partial charge in [-0.15, -0.1) is 0 Å². The highest BCUT2D eigenvalue weighted by Crippen LogP contribution is 2.23. The number of thiocarbonyl (C=S) groups is 1. The molecule has 138 valence electrons. The first-order valence-corrected chi connectivity index (χ1v) is 10.7. The zero-order valence-electron chi connectivity index (χ0n) is 14.2. The van der Waals surface area contributed by atoms with Gasteiger partial charge in [-0.25, -0.2) is 12.8 Å². The van der Waals surface area contributed by atoms with E-state index in [1.165, 1.54) is 6.07 Å². The van der Waals surface area contributed by atoms with Gasteiger partial charge in [0.15, 0.2) is 14.9 Å². The molecule has 25 heavy (non-hydrogen) atoms. The monoisotopic (exact) mass is 386 g/mol. The SMILES string of the molecule is Cc1ccc(NC(=S)N(C[C@H]2CCCO2)[C@@H]2CCS(=O)(=O)C2)cc1F. The fraction of sp³-hybridized carbons (Fsp3) is 0.588. The third-order valence-electron chi connectivity index (χ3n) is 4.76. The standard InChI is InChI=1S/C17H23FN2O3S2/c1-12-4-5-13(9-16(12)18)19-17(24)20(10-15-3-2-7-23-15)14-6-8-25(21,22)11-14/h4-5,9,14-15H,2-3,6-8,10-11H2,1H3,(H,19,24)/t14-,15-/m1/s1. The number of hydrogen-bond donors (Lipinski definition) is 1. The minimum Gasteiger partial charge on any atom is -0.376 e. The predicted molar refractivity (Wildman–Crippen MR) is 100 cm³/mol. The molecular weight excluding hydrogens is 363 g/mol. The predicted octanol–water partition coefficient (Wildman–Crippen LogP) is 2.50. The molecule has 0 amide bonds. The van der Waals surface area contributed by atoms with Gasteiger partial charge >= 0.3 is 0 Å². The summed E-state index contributed by atoms with van der Waals surface area (Å²) in [5.74, 6) is -0.0208. The average Bonchev–Trinajstić information content (AvgIpc) is 3.17. The second-order valence-corrected chi connectivity index (χ2v) is 9.35. The fourth-order valence-electron chi connectivity index (χ4n) is 3.29. The lowest BCUT2D eigenvalue weighted by molar-refractivity contribution is 0.0851. The van der Waals surface area contributed by atoms with E-state index >= 15 is 0 Å². The van der Waals surface area contributed by atoms with E-state index in [1.54, 1.807) is 19.1 Å². The Hall–Kier alpha value is -1.25. The Bertz CT molecular complexity index is 748. The van der Waals surface area contributed by atoms with Gasteiger partial charge in [-0.2, -0.15) is 0 Å². The first-order valence-electron chi connectivity index (χ1n) is 8.50. The summed E-state index contributed by atoms with van der Waals surface area (Å²) in [6.07, 6.45) is 2.56. The van der Waals surface area contributed by atoms with Crippen LogP contribution < -0.4 is 5.32 Å². The lowest BCUT2D eigenvalue weighted by atomic mass is 10.1. The van der Waals surface area contributed by atoms with Crippen molar-refractivity contribution in [1.29, 1.82) is 0 Å². The molecule has 0 bridgehead atoms. The molecule has 0 radical (unpaired) electrons. The number of benzene rings is 1. The zero-order chi connectivity index (χ0) is 18.0. The van der Waals surface area contributed by atoms with E-state index in [2.05, 4.69) is 5.32 Å². The Morgan fingerprint density at radius 2 is 2.24 bits per heavy atom. The zero-order valence-corrected chi connectivity index (χ0v) is 15.8. The largest absolute Gasteiger partial charge is 0.376 e. The second kappa shape index (κ2) is 7.55. The third kappa shape index (κ3) is 4.68. The van der Waals surface area contributed by atoms with Crippen molar-refractivity contribution < 1.29 is 17.5 Å². The lowest BCUT2D eigenvalue weighted by Gasteiger charge is -2.33.